The number of anilines is 1. The van der Waals surface area contributed by atoms with Crippen molar-refractivity contribution in [2.24, 2.45) is 17.6 Å². The molecular formula is C11H15N3OS. The third kappa shape index (κ3) is 2.81. The Morgan fingerprint density at radius 2 is 2.38 bits per heavy atom. The smallest absolute Gasteiger partial charge is 0.229 e. The molecule has 1 atom stereocenters. The molecule has 1 amide bonds. The highest BCUT2D eigenvalue weighted by molar-refractivity contribution is 7.14. The van der Waals surface area contributed by atoms with E-state index in [-0.39, 0.29) is 17.7 Å². The SMILES string of the molecule is CC(C)C(CN)C(=O)Nc1sccc1C#N. The van der Waals surface area contributed by atoms with Gasteiger partial charge < -0.3 is 11.1 Å². The molecule has 5 heteroatoms. The van der Waals surface area contributed by atoms with Gasteiger partial charge in [-0.25, -0.2) is 0 Å². The summed E-state index contributed by atoms with van der Waals surface area (Å²) in [6.45, 7) is 4.23. The van der Waals surface area contributed by atoms with Crippen molar-refractivity contribution in [2.75, 3.05) is 11.9 Å². The van der Waals surface area contributed by atoms with Gasteiger partial charge in [-0.15, -0.1) is 11.3 Å². The maximum absolute atomic E-state index is 11.9. The van der Waals surface area contributed by atoms with Gasteiger partial charge in [0.05, 0.1) is 11.5 Å². The number of rotatable bonds is 4. The molecule has 0 aliphatic carbocycles. The van der Waals surface area contributed by atoms with E-state index < -0.39 is 0 Å². The van der Waals surface area contributed by atoms with E-state index in [1.165, 1.54) is 11.3 Å². The topological polar surface area (TPSA) is 78.9 Å². The van der Waals surface area contributed by atoms with Gasteiger partial charge >= 0.3 is 0 Å². The van der Waals surface area contributed by atoms with Crippen molar-refractivity contribution < 1.29 is 4.79 Å². The largest absolute Gasteiger partial charge is 0.330 e. The maximum atomic E-state index is 11.9. The van der Waals surface area contributed by atoms with Crippen molar-refractivity contribution in [1.82, 2.24) is 0 Å². The van der Waals surface area contributed by atoms with Crippen molar-refractivity contribution in [3.8, 4) is 6.07 Å². The molecule has 16 heavy (non-hydrogen) atoms. The molecule has 0 spiro atoms. The minimum Gasteiger partial charge on any atom is -0.330 e. The molecule has 0 saturated carbocycles. The summed E-state index contributed by atoms with van der Waals surface area (Å²) in [5.74, 6) is -0.138. The summed E-state index contributed by atoms with van der Waals surface area (Å²) in [7, 11) is 0. The standard InChI is InChI=1S/C11H15N3OS/c1-7(2)9(6-13)10(15)14-11-8(5-12)3-4-16-11/h3-4,7,9H,6,13H2,1-2H3,(H,14,15). The highest BCUT2D eigenvalue weighted by Gasteiger charge is 2.21. The lowest BCUT2D eigenvalue weighted by molar-refractivity contribution is -0.120. The van der Waals surface area contributed by atoms with E-state index in [9.17, 15) is 4.79 Å². The Morgan fingerprint density at radius 1 is 1.69 bits per heavy atom. The van der Waals surface area contributed by atoms with Gasteiger partial charge in [0.15, 0.2) is 0 Å². The van der Waals surface area contributed by atoms with Crippen molar-refractivity contribution in [3.05, 3.63) is 17.0 Å². The summed E-state index contributed by atoms with van der Waals surface area (Å²) in [5.41, 5.74) is 6.05. The van der Waals surface area contributed by atoms with Crippen LogP contribution in [0.4, 0.5) is 5.00 Å². The van der Waals surface area contributed by atoms with Crippen LogP contribution in [-0.2, 0) is 4.79 Å². The molecule has 0 aliphatic heterocycles. The Balaban J connectivity index is 2.75. The number of hydrogen-bond acceptors (Lipinski definition) is 4. The van der Waals surface area contributed by atoms with E-state index >= 15 is 0 Å². The lowest BCUT2D eigenvalue weighted by Crippen LogP contribution is -2.32. The molecule has 1 unspecified atom stereocenters. The molecule has 1 rings (SSSR count). The molecule has 0 aromatic carbocycles. The summed E-state index contributed by atoms with van der Waals surface area (Å²) in [5, 5.41) is 13.9. The Morgan fingerprint density at radius 3 is 2.88 bits per heavy atom. The van der Waals surface area contributed by atoms with Crippen LogP contribution in [0.25, 0.3) is 0 Å². The molecule has 0 aliphatic rings. The third-order valence-electron chi connectivity index (χ3n) is 2.42. The first kappa shape index (κ1) is 12.7. The second-order valence-corrected chi connectivity index (χ2v) is 4.77. The van der Waals surface area contributed by atoms with E-state index in [2.05, 4.69) is 5.32 Å². The first-order chi connectivity index (χ1) is 7.60. The quantitative estimate of drug-likeness (QED) is 0.838. The monoisotopic (exact) mass is 237 g/mol. The van der Waals surface area contributed by atoms with Crippen molar-refractivity contribution in [3.63, 3.8) is 0 Å². The van der Waals surface area contributed by atoms with Gasteiger partial charge in [0.1, 0.15) is 11.1 Å². The maximum Gasteiger partial charge on any atom is 0.229 e. The number of amides is 1. The number of carbonyl (C=O) groups excluding carboxylic acids is 1. The minimum atomic E-state index is -0.214. The fourth-order valence-corrected chi connectivity index (χ4v) is 2.12. The van der Waals surface area contributed by atoms with Gasteiger partial charge in [-0.1, -0.05) is 13.8 Å². The van der Waals surface area contributed by atoms with Crippen LogP contribution in [0.5, 0.6) is 0 Å². The van der Waals surface area contributed by atoms with Crippen molar-refractivity contribution in [1.29, 1.82) is 5.26 Å². The molecule has 86 valence electrons. The van der Waals surface area contributed by atoms with Crippen LogP contribution in [0.2, 0.25) is 0 Å². The number of carbonyl (C=O) groups is 1. The predicted molar refractivity (Wildman–Crippen MR) is 65.0 cm³/mol. The number of nitriles is 1. The van der Waals surface area contributed by atoms with Crippen molar-refractivity contribution in [2.45, 2.75) is 13.8 Å². The second-order valence-electron chi connectivity index (χ2n) is 3.85. The van der Waals surface area contributed by atoms with Crippen LogP contribution in [0.1, 0.15) is 19.4 Å². The van der Waals surface area contributed by atoms with Crippen LogP contribution in [0, 0.1) is 23.2 Å². The number of nitrogens with one attached hydrogen (secondary N) is 1. The van der Waals surface area contributed by atoms with Crippen LogP contribution < -0.4 is 11.1 Å². The molecule has 0 saturated heterocycles. The summed E-state index contributed by atoms with van der Waals surface area (Å²) in [4.78, 5) is 11.9. The van der Waals surface area contributed by atoms with Crippen LogP contribution in [-0.4, -0.2) is 12.5 Å². The van der Waals surface area contributed by atoms with Crippen LogP contribution >= 0.6 is 11.3 Å². The van der Waals surface area contributed by atoms with E-state index in [1.54, 1.807) is 11.4 Å². The molecule has 0 fully saturated rings. The minimum absolute atomic E-state index is 0.114. The normalized spacial score (nSPS) is 12.2. The average molecular weight is 237 g/mol. The van der Waals surface area contributed by atoms with Gasteiger partial charge in [0, 0.05) is 6.54 Å². The molecule has 1 aromatic rings. The fraction of sp³-hybridized carbons (Fsp3) is 0.455. The first-order valence-corrected chi connectivity index (χ1v) is 5.96. The van der Waals surface area contributed by atoms with Gasteiger partial charge in [0.25, 0.3) is 0 Å². The second kappa shape index (κ2) is 5.64. The predicted octanol–water partition coefficient (Wildman–Crippen LogP) is 1.79. The Hall–Kier alpha value is -1.38. The number of nitrogens with zero attached hydrogens (tertiary/aromatic N) is 1. The molecule has 0 radical (unpaired) electrons. The lowest BCUT2D eigenvalue weighted by atomic mass is 9.95. The molecule has 4 nitrogen and oxygen atoms in total. The van der Waals surface area contributed by atoms with Gasteiger partial charge in [-0.3, -0.25) is 4.79 Å². The van der Waals surface area contributed by atoms with Gasteiger partial charge in [0.2, 0.25) is 5.91 Å². The number of thiophene rings is 1. The molecule has 3 N–H and O–H groups in total. The van der Waals surface area contributed by atoms with Crippen LogP contribution in [0.15, 0.2) is 11.4 Å². The summed E-state index contributed by atoms with van der Waals surface area (Å²) in [6.07, 6.45) is 0. The van der Waals surface area contributed by atoms with E-state index in [0.29, 0.717) is 17.1 Å². The van der Waals surface area contributed by atoms with Crippen molar-refractivity contribution >= 4 is 22.2 Å². The van der Waals surface area contributed by atoms with Crippen LogP contribution in [0.3, 0.4) is 0 Å². The molecule has 0 bridgehead atoms. The summed E-state index contributed by atoms with van der Waals surface area (Å²) < 4.78 is 0. The lowest BCUT2D eigenvalue weighted by Gasteiger charge is -2.17. The zero-order valence-electron chi connectivity index (χ0n) is 9.36. The molecular weight excluding hydrogens is 222 g/mol. The van der Waals surface area contributed by atoms with E-state index in [4.69, 9.17) is 11.0 Å². The van der Waals surface area contributed by atoms with E-state index in [0.717, 1.165) is 0 Å². The van der Waals surface area contributed by atoms with Gasteiger partial charge in [-0.2, -0.15) is 5.26 Å². The summed E-state index contributed by atoms with van der Waals surface area (Å²) >= 11 is 1.35. The van der Waals surface area contributed by atoms with Gasteiger partial charge in [-0.05, 0) is 17.4 Å². The number of hydrogen-bond donors (Lipinski definition) is 2. The highest BCUT2D eigenvalue weighted by Crippen LogP contribution is 2.23. The Labute approximate surface area is 99.1 Å². The Bertz CT molecular complexity index is 406. The fourth-order valence-electron chi connectivity index (χ4n) is 1.38. The summed E-state index contributed by atoms with van der Waals surface area (Å²) in [6, 6.07) is 3.72. The van der Waals surface area contributed by atoms with E-state index in [1.807, 2.05) is 19.9 Å². The third-order valence-corrected chi connectivity index (χ3v) is 3.25. The zero-order valence-corrected chi connectivity index (χ0v) is 10.2. The zero-order chi connectivity index (χ0) is 12.1. The average Bonchev–Trinajstić information content (AvgIpc) is 2.65. The molecule has 1 aromatic heterocycles. The highest BCUT2D eigenvalue weighted by atomic mass is 32.1. The Kier molecular flexibility index (Phi) is 4.47. The molecule has 1 heterocycles. The number of nitrogens with two attached hydrogens (primary N) is 1. The first-order valence-electron chi connectivity index (χ1n) is 5.08.